The normalized spacial score (nSPS) is 13.2. The summed E-state index contributed by atoms with van der Waals surface area (Å²) in [6, 6.07) is 18.6. The summed E-state index contributed by atoms with van der Waals surface area (Å²) >= 11 is 13.8. The van der Waals surface area contributed by atoms with Gasteiger partial charge in [0.05, 0.1) is 31.7 Å². The second-order valence-electron chi connectivity index (χ2n) is 7.95. The van der Waals surface area contributed by atoms with E-state index >= 15 is 0 Å². The molecule has 5 nitrogen and oxygen atoms in total. The Hall–Kier alpha value is -3.45. The number of nitrogens with zero attached hydrogens (tertiary/aromatic N) is 3. The molecule has 2 aromatic carbocycles. The maximum atomic E-state index is 13.1. The van der Waals surface area contributed by atoms with Crippen LogP contribution in [-0.2, 0) is 7.05 Å². The maximum absolute atomic E-state index is 13.1. The molecule has 0 radical (unpaired) electrons. The molecule has 0 bridgehead atoms. The Morgan fingerprint density at radius 3 is 2.21 bits per heavy atom. The molecule has 0 atom stereocenters. The van der Waals surface area contributed by atoms with Gasteiger partial charge in [0, 0.05) is 23.9 Å². The highest BCUT2D eigenvalue weighted by molar-refractivity contribution is 7.13. The highest BCUT2D eigenvalue weighted by Gasteiger charge is 2.34. The summed E-state index contributed by atoms with van der Waals surface area (Å²) in [6.07, 6.45) is 1.63. The largest absolute Gasteiger partial charge is 0.325 e. The number of hydrogen-bond donors (Lipinski definition) is 0. The molecule has 0 unspecified atom stereocenters. The number of carbonyl (C=O) groups is 2. The fourth-order valence-electron chi connectivity index (χ4n) is 4.33. The summed E-state index contributed by atoms with van der Waals surface area (Å²) in [5.41, 5.74) is 3.80. The Kier molecular flexibility index (Phi) is 4.85. The smallest absolute Gasteiger partial charge is 0.197 e. The number of Topliss-reactive ketones (excluding diaryl/α,β-unsaturated/α-hetero) is 2. The fraction of sp³-hybridized carbons (Fsp3) is 0.0385. The van der Waals surface area contributed by atoms with Gasteiger partial charge in [0.1, 0.15) is 0 Å². The maximum Gasteiger partial charge on any atom is 0.197 e. The highest BCUT2D eigenvalue weighted by atomic mass is 35.5. The van der Waals surface area contributed by atoms with Crippen LogP contribution in [0.3, 0.4) is 0 Å². The number of aryl methyl sites for hydroxylation is 1. The quantitative estimate of drug-likeness (QED) is 0.199. The zero-order valence-electron chi connectivity index (χ0n) is 17.8. The minimum Gasteiger partial charge on any atom is -0.325 e. The molecule has 166 valence electrons. The van der Waals surface area contributed by atoms with Crippen molar-refractivity contribution in [2.75, 3.05) is 0 Å². The number of aromatic nitrogens is 3. The van der Waals surface area contributed by atoms with E-state index < -0.39 is 0 Å². The molecule has 0 saturated heterocycles. The van der Waals surface area contributed by atoms with E-state index in [0.29, 0.717) is 5.69 Å². The van der Waals surface area contributed by atoms with Gasteiger partial charge in [-0.2, -0.15) is 0 Å². The summed E-state index contributed by atoms with van der Waals surface area (Å²) in [7, 11) is 1.96. The van der Waals surface area contributed by atoms with Crippen molar-refractivity contribution < 1.29 is 9.59 Å². The third kappa shape index (κ3) is 3.10. The lowest BCUT2D eigenvalue weighted by Crippen LogP contribution is -2.03. The molecule has 3 heterocycles. The van der Waals surface area contributed by atoms with Gasteiger partial charge in [0.25, 0.3) is 0 Å². The first kappa shape index (κ1) is 21.1. The van der Waals surface area contributed by atoms with E-state index in [4.69, 9.17) is 28.2 Å². The highest BCUT2D eigenvalue weighted by Crippen LogP contribution is 2.36. The number of rotatable bonds is 3. The van der Waals surface area contributed by atoms with Crippen molar-refractivity contribution in [3.05, 3.63) is 98.5 Å². The van der Waals surface area contributed by atoms with Gasteiger partial charge >= 0.3 is 0 Å². The standard InChI is InChI=1S/C26H15Cl2N3O2S/c1-30-21-11-15(10-18-23(32)16-12-19(27)20(28)13-17(16)24(18)33)31(14-6-3-2-4-7-14)25(21)29-26(30)22-8-5-9-34-22/h2-13H,1H3. The van der Waals surface area contributed by atoms with Crippen LogP contribution in [0, 0.1) is 0 Å². The fourth-order valence-corrected chi connectivity index (χ4v) is 5.40. The van der Waals surface area contributed by atoms with Gasteiger partial charge in [-0.25, -0.2) is 4.98 Å². The topological polar surface area (TPSA) is 56.9 Å². The number of fused-ring (bicyclic) bond motifs is 2. The van der Waals surface area contributed by atoms with Crippen LogP contribution in [0.2, 0.25) is 10.0 Å². The minimum absolute atomic E-state index is 0.0757. The number of halogens is 2. The van der Waals surface area contributed by atoms with E-state index in [-0.39, 0.29) is 38.3 Å². The van der Waals surface area contributed by atoms with Crippen LogP contribution in [0.15, 0.2) is 71.6 Å². The predicted molar refractivity (Wildman–Crippen MR) is 136 cm³/mol. The molecule has 0 amide bonds. The van der Waals surface area contributed by atoms with Gasteiger partial charge in [-0.05, 0) is 47.9 Å². The van der Waals surface area contributed by atoms with E-state index in [1.54, 1.807) is 17.4 Å². The number of hydrogen-bond acceptors (Lipinski definition) is 4. The van der Waals surface area contributed by atoms with Crippen LogP contribution in [0.1, 0.15) is 26.4 Å². The molecular weight excluding hydrogens is 489 g/mol. The van der Waals surface area contributed by atoms with Gasteiger partial charge in [0.15, 0.2) is 23.0 Å². The molecule has 6 rings (SSSR count). The van der Waals surface area contributed by atoms with Crippen molar-refractivity contribution >= 4 is 63.3 Å². The second kappa shape index (κ2) is 7.81. The molecule has 5 aromatic rings. The molecule has 1 aliphatic rings. The SMILES string of the molecule is Cn1c(-c2cccs2)nc2c1cc(C=C1C(=O)c3cc(Cl)c(Cl)cc3C1=O)n2-c1ccccc1. The summed E-state index contributed by atoms with van der Waals surface area (Å²) in [5, 5.41) is 2.50. The van der Waals surface area contributed by atoms with Gasteiger partial charge in [-0.1, -0.05) is 47.5 Å². The Balaban J connectivity index is 1.57. The summed E-state index contributed by atoms with van der Waals surface area (Å²) in [6.45, 7) is 0. The average molecular weight is 504 g/mol. The van der Waals surface area contributed by atoms with Crippen LogP contribution in [0.4, 0.5) is 0 Å². The van der Waals surface area contributed by atoms with E-state index in [1.807, 2.05) is 70.1 Å². The zero-order chi connectivity index (χ0) is 23.6. The van der Waals surface area contributed by atoms with Crippen LogP contribution in [0.25, 0.3) is 33.6 Å². The average Bonchev–Trinajstić information content (AvgIpc) is 3.59. The van der Waals surface area contributed by atoms with Crippen LogP contribution in [-0.4, -0.2) is 25.7 Å². The number of carbonyl (C=O) groups excluding carboxylic acids is 2. The van der Waals surface area contributed by atoms with Crippen molar-refractivity contribution in [2.45, 2.75) is 0 Å². The van der Waals surface area contributed by atoms with Gasteiger partial charge in [0.2, 0.25) is 0 Å². The molecule has 0 N–H and O–H groups in total. The molecule has 34 heavy (non-hydrogen) atoms. The third-order valence-electron chi connectivity index (χ3n) is 5.96. The number of thiophene rings is 1. The molecule has 0 fully saturated rings. The van der Waals surface area contributed by atoms with Gasteiger partial charge in [-0.15, -0.1) is 11.3 Å². The Bertz CT molecular complexity index is 1620. The molecular formula is C26H15Cl2N3O2S. The van der Waals surface area contributed by atoms with E-state index in [2.05, 4.69) is 0 Å². The van der Waals surface area contributed by atoms with Crippen molar-refractivity contribution in [1.29, 1.82) is 0 Å². The Morgan fingerprint density at radius 1 is 0.912 bits per heavy atom. The molecule has 0 aliphatic heterocycles. The monoisotopic (exact) mass is 503 g/mol. The van der Waals surface area contributed by atoms with Crippen LogP contribution >= 0.6 is 34.5 Å². The van der Waals surface area contributed by atoms with E-state index in [9.17, 15) is 9.59 Å². The summed E-state index contributed by atoms with van der Waals surface area (Å²) in [4.78, 5) is 32.3. The van der Waals surface area contributed by atoms with Crippen LogP contribution in [0.5, 0.6) is 0 Å². The molecule has 8 heteroatoms. The number of para-hydroxylation sites is 1. The molecule has 1 aliphatic carbocycles. The van der Waals surface area contributed by atoms with Gasteiger partial charge < -0.3 is 4.57 Å². The predicted octanol–water partition coefficient (Wildman–Crippen LogP) is 6.86. The summed E-state index contributed by atoms with van der Waals surface area (Å²) in [5.74, 6) is 0.125. The van der Waals surface area contributed by atoms with Crippen molar-refractivity contribution in [1.82, 2.24) is 14.1 Å². The number of imidazole rings is 1. The molecule has 3 aromatic heterocycles. The molecule has 0 saturated carbocycles. The Labute approximate surface area is 208 Å². The van der Waals surface area contributed by atoms with E-state index in [0.717, 1.165) is 27.6 Å². The second-order valence-corrected chi connectivity index (χ2v) is 9.71. The van der Waals surface area contributed by atoms with Crippen molar-refractivity contribution in [2.24, 2.45) is 7.05 Å². The lowest BCUT2D eigenvalue weighted by Gasteiger charge is -2.07. The van der Waals surface area contributed by atoms with E-state index in [1.165, 1.54) is 12.1 Å². The first-order valence-electron chi connectivity index (χ1n) is 10.4. The van der Waals surface area contributed by atoms with Gasteiger partial charge in [-0.3, -0.25) is 14.2 Å². The van der Waals surface area contributed by atoms with Crippen molar-refractivity contribution in [3.63, 3.8) is 0 Å². The lowest BCUT2D eigenvalue weighted by atomic mass is 10.1. The number of ketones is 2. The molecule has 0 spiro atoms. The van der Waals surface area contributed by atoms with Crippen LogP contribution < -0.4 is 0 Å². The first-order valence-corrected chi connectivity index (χ1v) is 12.0. The lowest BCUT2D eigenvalue weighted by molar-refractivity contribution is 0.0990. The number of benzene rings is 2. The first-order chi connectivity index (χ1) is 16.4. The van der Waals surface area contributed by atoms with Crippen molar-refractivity contribution in [3.8, 4) is 16.4 Å². The summed E-state index contributed by atoms with van der Waals surface area (Å²) < 4.78 is 3.98. The third-order valence-corrected chi connectivity index (χ3v) is 7.55. The zero-order valence-corrected chi connectivity index (χ0v) is 20.1. The Morgan fingerprint density at radius 2 is 1.59 bits per heavy atom. The minimum atomic E-state index is -0.365. The number of allylic oxidation sites excluding steroid dienone is 1.